The molecule has 0 radical (unpaired) electrons. The van der Waals surface area contributed by atoms with Crippen molar-refractivity contribution in [1.82, 2.24) is 16.0 Å². The highest BCUT2D eigenvalue weighted by Crippen LogP contribution is 2.34. The first-order chi connectivity index (χ1) is 25.0. The van der Waals surface area contributed by atoms with E-state index in [9.17, 15) is 37.5 Å². The van der Waals surface area contributed by atoms with Crippen LogP contribution in [-0.2, 0) is 25.8 Å². The molecule has 0 fully saturated rings. The summed E-state index contributed by atoms with van der Waals surface area (Å²) >= 11 is 0. The van der Waals surface area contributed by atoms with Crippen LogP contribution >= 0.6 is 0 Å². The number of aliphatic hydroxyl groups is 1. The number of nitrogens with one attached hydrogen (secondary N) is 3. The van der Waals surface area contributed by atoms with Crippen molar-refractivity contribution in [2.24, 2.45) is 5.73 Å². The van der Waals surface area contributed by atoms with Gasteiger partial charge in [-0.05, 0) is 75.2 Å². The summed E-state index contributed by atoms with van der Waals surface area (Å²) < 4.78 is 32.7. The second-order valence-corrected chi connectivity index (χ2v) is 15.5. The Morgan fingerprint density at radius 1 is 0.811 bits per heavy atom. The maximum atomic E-state index is 13.7. The van der Waals surface area contributed by atoms with Crippen LogP contribution in [0.2, 0.25) is 0 Å². The number of primary amides is 1. The molecular formula is C39H40N4O9S. The van der Waals surface area contributed by atoms with E-state index in [4.69, 9.17) is 10.5 Å². The Labute approximate surface area is 306 Å². The molecule has 0 saturated heterocycles. The minimum Gasteiger partial charge on any atom is -0.490 e. The molecular weight excluding hydrogens is 701 g/mol. The van der Waals surface area contributed by atoms with Gasteiger partial charge in [0.15, 0.2) is 5.78 Å². The molecule has 0 spiro atoms. The van der Waals surface area contributed by atoms with E-state index in [2.05, 4.69) is 16.0 Å². The van der Waals surface area contributed by atoms with Crippen LogP contribution in [0, 0.1) is 0 Å². The number of carbonyl (C=O) groups excluding carboxylic acids is 5. The first-order valence-electron chi connectivity index (χ1n) is 16.7. The van der Waals surface area contributed by atoms with Crippen LogP contribution in [-0.4, -0.2) is 73.3 Å². The van der Waals surface area contributed by atoms with Gasteiger partial charge in [0, 0.05) is 22.2 Å². The molecule has 14 heteroatoms. The topological polar surface area (TPSA) is 211 Å². The molecule has 4 aromatic rings. The first-order valence-corrected chi connectivity index (χ1v) is 18.2. The lowest BCUT2D eigenvalue weighted by molar-refractivity contribution is -0.128. The van der Waals surface area contributed by atoms with E-state index in [-0.39, 0.29) is 56.7 Å². The lowest BCUT2D eigenvalue weighted by atomic mass is 10.00. The third-order valence-electron chi connectivity index (χ3n) is 8.35. The third-order valence-corrected chi connectivity index (χ3v) is 10.2. The zero-order valence-electron chi connectivity index (χ0n) is 29.3. The van der Waals surface area contributed by atoms with E-state index in [1.165, 1.54) is 30.3 Å². The summed E-state index contributed by atoms with van der Waals surface area (Å²) in [6.45, 7) is 5.15. The number of hydrogen-bond donors (Lipinski definition) is 5. The van der Waals surface area contributed by atoms with Crippen LogP contribution in [0.15, 0.2) is 107 Å². The van der Waals surface area contributed by atoms with Gasteiger partial charge in [-0.1, -0.05) is 54.6 Å². The number of aliphatic hydroxyl groups excluding tert-OH is 1. The van der Waals surface area contributed by atoms with Crippen molar-refractivity contribution in [1.29, 1.82) is 0 Å². The van der Waals surface area contributed by atoms with Crippen LogP contribution in [0.3, 0.4) is 0 Å². The number of rotatable bonds is 13. The van der Waals surface area contributed by atoms with Crippen molar-refractivity contribution in [2.45, 2.75) is 67.1 Å². The highest BCUT2D eigenvalue weighted by atomic mass is 32.2. The number of para-hydroxylation sites is 1. The minimum atomic E-state index is -4.17. The van der Waals surface area contributed by atoms with Gasteiger partial charge in [0.2, 0.25) is 21.7 Å². The van der Waals surface area contributed by atoms with Gasteiger partial charge in [-0.3, -0.25) is 24.0 Å². The van der Waals surface area contributed by atoms with Gasteiger partial charge in [0.25, 0.3) is 11.8 Å². The fourth-order valence-corrected chi connectivity index (χ4v) is 7.47. The average molecular weight is 741 g/mol. The van der Waals surface area contributed by atoms with E-state index < -0.39 is 63.5 Å². The maximum Gasteiger partial charge on any atom is 0.255 e. The second kappa shape index (κ2) is 15.8. The Morgan fingerprint density at radius 2 is 1.45 bits per heavy atom. The number of ether oxygens (including phenoxy) is 1. The zero-order valence-corrected chi connectivity index (χ0v) is 30.1. The van der Waals surface area contributed by atoms with Crippen LogP contribution in [0.25, 0.3) is 0 Å². The fourth-order valence-electron chi connectivity index (χ4n) is 5.79. The molecule has 53 heavy (non-hydrogen) atoms. The standard InChI is InChI=1S/C39H40N4O9S/c1-39(2,3)43-37(48)25-13-7-9-15-31(25)52-22-30(44)28(19-23-11-5-4-6-12-23)41-38(49)29(21-34(40)45)42-36(47)24-17-18-27-33(20-24)53(50,51)32-16-10-8-14-26(32)35(27)46/h4-18,20,28-30,44H,19,21-22H2,1-3H3,(H2,40,45)(H,41,49)(H,42,47)(H,43,48)/t28-,29-,30+/m0/s1. The minimum absolute atomic E-state index is 0.0169. The molecule has 0 unspecified atom stereocenters. The molecule has 4 aromatic carbocycles. The van der Waals surface area contributed by atoms with Crippen LogP contribution in [0.1, 0.15) is 69.4 Å². The second-order valence-electron chi connectivity index (χ2n) is 13.6. The molecule has 13 nitrogen and oxygen atoms in total. The number of sulfone groups is 1. The van der Waals surface area contributed by atoms with Crippen LogP contribution in [0.4, 0.5) is 0 Å². The van der Waals surface area contributed by atoms with Gasteiger partial charge in [-0.15, -0.1) is 0 Å². The molecule has 4 amide bonds. The predicted octanol–water partition coefficient (Wildman–Crippen LogP) is 2.73. The molecule has 6 N–H and O–H groups in total. The fraction of sp³-hybridized carbons (Fsp3) is 0.256. The largest absolute Gasteiger partial charge is 0.490 e. The summed E-state index contributed by atoms with van der Waals surface area (Å²) in [6.07, 6.45) is -1.87. The molecule has 0 aromatic heterocycles. The highest BCUT2D eigenvalue weighted by molar-refractivity contribution is 7.91. The molecule has 276 valence electrons. The Morgan fingerprint density at radius 3 is 2.15 bits per heavy atom. The van der Waals surface area contributed by atoms with Crippen LogP contribution < -0.4 is 26.4 Å². The smallest absolute Gasteiger partial charge is 0.255 e. The van der Waals surface area contributed by atoms with E-state index in [1.807, 2.05) is 20.8 Å². The van der Waals surface area contributed by atoms with Gasteiger partial charge in [-0.25, -0.2) is 8.42 Å². The maximum absolute atomic E-state index is 13.7. The van der Waals surface area contributed by atoms with E-state index in [0.29, 0.717) is 0 Å². The Kier molecular flexibility index (Phi) is 11.4. The molecule has 5 rings (SSSR count). The number of hydrogen-bond acceptors (Lipinski definition) is 9. The van der Waals surface area contributed by atoms with Crippen molar-refractivity contribution in [2.75, 3.05) is 6.61 Å². The Bertz CT molecular complexity index is 2160. The molecule has 0 bridgehead atoms. The van der Waals surface area contributed by atoms with Crippen molar-refractivity contribution in [3.63, 3.8) is 0 Å². The SMILES string of the molecule is CC(C)(C)NC(=O)c1ccccc1OC[C@@H](O)[C@H](Cc1ccccc1)NC(=O)[C@H](CC(N)=O)NC(=O)c1ccc2c(c1)S(=O)(=O)c1ccccc1C2=O. The lowest BCUT2D eigenvalue weighted by Gasteiger charge is -2.27. The van der Waals surface area contributed by atoms with Crippen molar-refractivity contribution >= 4 is 39.2 Å². The van der Waals surface area contributed by atoms with Gasteiger partial charge in [0.1, 0.15) is 24.5 Å². The quantitative estimate of drug-likeness (QED) is 0.120. The van der Waals surface area contributed by atoms with Gasteiger partial charge >= 0.3 is 0 Å². The zero-order chi connectivity index (χ0) is 38.5. The molecule has 1 aliphatic rings. The monoisotopic (exact) mass is 740 g/mol. The summed E-state index contributed by atoms with van der Waals surface area (Å²) in [4.78, 5) is 64.7. The van der Waals surface area contributed by atoms with E-state index >= 15 is 0 Å². The Balaban J connectivity index is 1.35. The molecule has 3 atom stereocenters. The lowest BCUT2D eigenvalue weighted by Crippen LogP contribution is -2.55. The summed E-state index contributed by atoms with van der Waals surface area (Å²) in [7, 11) is -4.17. The number of amides is 4. The number of ketones is 1. The number of nitrogens with two attached hydrogens (primary N) is 1. The number of fused-ring (bicyclic) bond motifs is 2. The van der Waals surface area contributed by atoms with Crippen molar-refractivity contribution in [3.8, 4) is 5.75 Å². The number of carbonyl (C=O) groups is 5. The van der Waals surface area contributed by atoms with E-state index in [0.717, 1.165) is 11.6 Å². The van der Waals surface area contributed by atoms with Gasteiger partial charge in [-0.2, -0.15) is 0 Å². The van der Waals surface area contributed by atoms with Crippen molar-refractivity contribution in [3.05, 3.63) is 125 Å². The van der Waals surface area contributed by atoms with Crippen LogP contribution in [0.5, 0.6) is 5.75 Å². The predicted molar refractivity (Wildman–Crippen MR) is 194 cm³/mol. The normalized spacial score (nSPS) is 14.8. The molecule has 0 saturated carbocycles. The van der Waals surface area contributed by atoms with Gasteiger partial charge < -0.3 is 31.5 Å². The molecule has 0 aliphatic carbocycles. The third kappa shape index (κ3) is 9.15. The summed E-state index contributed by atoms with van der Waals surface area (Å²) in [5.74, 6) is -3.40. The Hall–Kier alpha value is -5.86. The summed E-state index contributed by atoms with van der Waals surface area (Å²) in [5.41, 5.74) is 5.63. The highest BCUT2D eigenvalue weighted by Gasteiger charge is 2.36. The summed E-state index contributed by atoms with van der Waals surface area (Å²) in [5, 5.41) is 19.4. The number of benzene rings is 4. The summed E-state index contributed by atoms with van der Waals surface area (Å²) in [6, 6.07) is 22.1. The van der Waals surface area contributed by atoms with E-state index in [1.54, 1.807) is 60.7 Å². The first kappa shape index (κ1) is 38.4. The average Bonchev–Trinajstić information content (AvgIpc) is 3.11. The van der Waals surface area contributed by atoms with Gasteiger partial charge in [0.05, 0.1) is 27.8 Å². The molecule has 1 aliphatic heterocycles. The molecule has 1 heterocycles. The van der Waals surface area contributed by atoms with Crippen molar-refractivity contribution < 1.29 is 42.2 Å².